The van der Waals surface area contributed by atoms with Crippen molar-refractivity contribution in [2.45, 2.75) is 9.79 Å². The smallest absolute Gasteiger partial charge is 0.255 e. The highest BCUT2D eigenvalue weighted by Crippen LogP contribution is 2.30. The highest BCUT2D eigenvalue weighted by atomic mass is 32.2. The summed E-state index contributed by atoms with van der Waals surface area (Å²) in [6.07, 6.45) is 0. The molecule has 2 amide bonds. The lowest BCUT2D eigenvalue weighted by Crippen LogP contribution is -2.22. The summed E-state index contributed by atoms with van der Waals surface area (Å²) in [6.45, 7) is 0. The molecule has 0 radical (unpaired) electrons. The highest BCUT2D eigenvalue weighted by Gasteiger charge is 2.19. The van der Waals surface area contributed by atoms with Crippen LogP contribution in [0.1, 0.15) is 20.7 Å². The van der Waals surface area contributed by atoms with Crippen molar-refractivity contribution in [3.05, 3.63) is 96.1 Å². The number of hydrogen-bond acceptors (Lipinski definition) is 6. The number of anilines is 2. The number of sulfonamides is 2. The van der Waals surface area contributed by atoms with Crippen LogP contribution in [0.3, 0.4) is 0 Å². The number of hydrogen-bond donors (Lipinski definition) is 2. The first kappa shape index (κ1) is 28.9. The van der Waals surface area contributed by atoms with Gasteiger partial charge in [-0.15, -0.1) is 0 Å². The summed E-state index contributed by atoms with van der Waals surface area (Å²) in [5.41, 5.74) is 1.56. The predicted octanol–water partition coefficient (Wildman–Crippen LogP) is 3.85. The minimum atomic E-state index is -3.62. The molecule has 4 aromatic rings. The fourth-order valence-corrected chi connectivity index (χ4v) is 5.70. The Balaban J connectivity index is 1.56. The molecule has 10 nitrogen and oxygen atoms in total. The van der Waals surface area contributed by atoms with Crippen LogP contribution >= 0.6 is 0 Å². The predicted molar refractivity (Wildman–Crippen MR) is 154 cm³/mol. The number of rotatable bonds is 8. The molecule has 0 unspecified atom stereocenters. The van der Waals surface area contributed by atoms with Gasteiger partial charge >= 0.3 is 0 Å². The first-order chi connectivity index (χ1) is 18.8. The maximum atomic E-state index is 13.0. The second-order valence-corrected chi connectivity index (χ2v) is 13.5. The Hall–Kier alpha value is -4.10. The lowest BCUT2D eigenvalue weighted by molar-refractivity contribution is 0.101. The summed E-state index contributed by atoms with van der Waals surface area (Å²) >= 11 is 0. The minimum Gasteiger partial charge on any atom is -0.321 e. The number of carbonyl (C=O) groups excluding carboxylic acids is 2. The van der Waals surface area contributed by atoms with Gasteiger partial charge in [0.15, 0.2) is 0 Å². The molecule has 0 aliphatic heterocycles. The summed E-state index contributed by atoms with van der Waals surface area (Å²) in [4.78, 5) is 26.1. The van der Waals surface area contributed by atoms with Crippen molar-refractivity contribution >= 4 is 54.0 Å². The molecule has 4 aromatic carbocycles. The zero-order valence-electron chi connectivity index (χ0n) is 22.2. The van der Waals surface area contributed by atoms with Crippen molar-refractivity contribution in [2.75, 3.05) is 38.8 Å². The summed E-state index contributed by atoms with van der Waals surface area (Å²) in [7, 11) is -1.50. The van der Waals surface area contributed by atoms with Crippen LogP contribution in [-0.2, 0) is 20.0 Å². The van der Waals surface area contributed by atoms with Gasteiger partial charge in [0.2, 0.25) is 20.0 Å². The third-order valence-electron chi connectivity index (χ3n) is 6.21. The summed E-state index contributed by atoms with van der Waals surface area (Å²) in [5.74, 6) is -0.855. The molecule has 0 atom stereocenters. The normalized spacial score (nSPS) is 12.1. The number of nitrogens with zero attached hydrogens (tertiary/aromatic N) is 2. The third-order valence-corrected chi connectivity index (χ3v) is 9.87. The van der Waals surface area contributed by atoms with E-state index in [9.17, 15) is 26.4 Å². The van der Waals surface area contributed by atoms with E-state index in [1.54, 1.807) is 36.4 Å². The summed E-state index contributed by atoms with van der Waals surface area (Å²) in [6, 6.07) is 21.8. The standard InChI is InChI=1S/C28H28N4O6S2/c1-31(2)39(35,36)21-15-11-19(12-16-21)27(33)29-25-9-5-8-24-23(25)7-6-10-26(24)30-28(34)20-13-17-22(18-14-20)40(37,38)32(3)4/h5-18H,1-4H3,(H,29,33)(H,30,34). The summed E-state index contributed by atoms with van der Waals surface area (Å²) < 4.78 is 51.4. The number of nitrogens with one attached hydrogen (secondary N) is 2. The van der Waals surface area contributed by atoms with E-state index in [4.69, 9.17) is 0 Å². The van der Waals surface area contributed by atoms with Crippen molar-refractivity contribution < 1.29 is 26.4 Å². The van der Waals surface area contributed by atoms with Crippen molar-refractivity contribution in [3.8, 4) is 0 Å². The van der Waals surface area contributed by atoms with Gasteiger partial charge in [-0.05, 0) is 60.7 Å². The third kappa shape index (κ3) is 5.75. The van der Waals surface area contributed by atoms with Crippen molar-refractivity contribution in [1.82, 2.24) is 8.61 Å². The van der Waals surface area contributed by atoms with Crippen LogP contribution in [0, 0.1) is 0 Å². The highest BCUT2D eigenvalue weighted by molar-refractivity contribution is 7.89. The Morgan fingerprint density at radius 2 is 0.850 bits per heavy atom. The molecule has 0 heterocycles. The van der Waals surface area contributed by atoms with Crippen molar-refractivity contribution in [3.63, 3.8) is 0 Å². The Labute approximate surface area is 233 Å². The van der Waals surface area contributed by atoms with E-state index in [0.717, 1.165) is 8.61 Å². The lowest BCUT2D eigenvalue weighted by Gasteiger charge is -2.14. The van der Waals surface area contributed by atoms with Crippen LogP contribution in [0.25, 0.3) is 10.8 Å². The lowest BCUT2D eigenvalue weighted by atomic mass is 10.1. The summed E-state index contributed by atoms with van der Waals surface area (Å²) in [5, 5.41) is 7.05. The molecule has 0 saturated carbocycles. The molecule has 2 N–H and O–H groups in total. The van der Waals surface area contributed by atoms with Gasteiger partial charge in [0, 0.05) is 61.5 Å². The number of carbonyl (C=O) groups is 2. The largest absolute Gasteiger partial charge is 0.321 e. The fourth-order valence-electron chi connectivity index (χ4n) is 3.90. The molecule has 0 saturated heterocycles. The van der Waals surface area contributed by atoms with Gasteiger partial charge in [0.25, 0.3) is 11.8 Å². The van der Waals surface area contributed by atoms with E-state index < -0.39 is 31.9 Å². The molecule has 4 rings (SSSR count). The molecular formula is C28H28N4O6S2. The van der Waals surface area contributed by atoms with Gasteiger partial charge in [-0.2, -0.15) is 0 Å². The second kappa shape index (κ2) is 11.2. The molecular weight excluding hydrogens is 552 g/mol. The first-order valence-corrected chi connectivity index (χ1v) is 14.9. The Morgan fingerprint density at radius 1 is 0.525 bits per heavy atom. The molecule has 0 aliphatic carbocycles. The van der Waals surface area contributed by atoms with Crippen LogP contribution in [0.4, 0.5) is 11.4 Å². The molecule has 12 heteroatoms. The van der Waals surface area contributed by atoms with Crippen molar-refractivity contribution in [1.29, 1.82) is 0 Å². The monoisotopic (exact) mass is 580 g/mol. The van der Waals surface area contributed by atoms with Gasteiger partial charge in [-0.1, -0.05) is 24.3 Å². The van der Waals surface area contributed by atoms with E-state index in [1.165, 1.54) is 76.7 Å². The molecule has 208 valence electrons. The molecule has 0 spiro atoms. The molecule has 0 bridgehead atoms. The number of amides is 2. The maximum Gasteiger partial charge on any atom is 0.255 e. The molecule has 40 heavy (non-hydrogen) atoms. The topological polar surface area (TPSA) is 133 Å². The Morgan fingerprint density at radius 3 is 1.15 bits per heavy atom. The van der Waals surface area contributed by atoms with Gasteiger partial charge in [-0.3, -0.25) is 9.59 Å². The van der Waals surface area contributed by atoms with Crippen LogP contribution in [-0.4, -0.2) is 65.5 Å². The van der Waals surface area contributed by atoms with Gasteiger partial charge in [0.05, 0.1) is 9.79 Å². The van der Waals surface area contributed by atoms with Crippen LogP contribution in [0.2, 0.25) is 0 Å². The van der Waals surface area contributed by atoms with Crippen LogP contribution < -0.4 is 10.6 Å². The Bertz CT molecular complexity index is 1670. The van der Waals surface area contributed by atoms with E-state index in [-0.39, 0.29) is 20.9 Å². The maximum absolute atomic E-state index is 13.0. The van der Waals surface area contributed by atoms with E-state index >= 15 is 0 Å². The van der Waals surface area contributed by atoms with Gasteiger partial charge in [0.1, 0.15) is 0 Å². The first-order valence-electron chi connectivity index (χ1n) is 12.0. The fraction of sp³-hybridized carbons (Fsp3) is 0.143. The molecule has 0 fully saturated rings. The number of benzene rings is 4. The average molecular weight is 581 g/mol. The zero-order chi connectivity index (χ0) is 29.2. The molecule has 0 aromatic heterocycles. The minimum absolute atomic E-state index is 0.0774. The quantitative estimate of drug-likeness (QED) is 0.325. The van der Waals surface area contributed by atoms with Crippen LogP contribution in [0.5, 0.6) is 0 Å². The zero-order valence-corrected chi connectivity index (χ0v) is 23.9. The van der Waals surface area contributed by atoms with Crippen LogP contribution in [0.15, 0.2) is 94.7 Å². The number of fused-ring (bicyclic) bond motifs is 1. The van der Waals surface area contributed by atoms with E-state index in [0.29, 0.717) is 22.1 Å². The molecule has 0 aliphatic rings. The van der Waals surface area contributed by atoms with E-state index in [1.807, 2.05) is 0 Å². The average Bonchev–Trinajstić information content (AvgIpc) is 2.93. The van der Waals surface area contributed by atoms with E-state index in [2.05, 4.69) is 10.6 Å². The van der Waals surface area contributed by atoms with Gasteiger partial charge in [-0.25, -0.2) is 25.4 Å². The Kier molecular flexibility index (Phi) is 8.08. The second-order valence-electron chi connectivity index (χ2n) is 9.24. The SMILES string of the molecule is CN(C)S(=O)(=O)c1ccc(C(=O)Nc2cccc3c(NC(=O)c4ccc(S(=O)(=O)N(C)C)cc4)cccc23)cc1. The van der Waals surface area contributed by atoms with Crippen molar-refractivity contribution in [2.24, 2.45) is 0 Å². The van der Waals surface area contributed by atoms with Gasteiger partial charge < -0.3 is 10.6 Å².